The second-order valence-corrected chi connectivity index (χ2v) is 23.3. The van der Waals surface area contributed by atoms with Gasteiger partial charge in [0.15, 0.2) is 0 Å². The number of aromatic nitrogens is 2. The first kappa shape index (κ1) is 68.7. The van der Waals surface area contributed by atoms with Gasteiger partial charge in [-0.1, -0.05) is 66.3 Å². The Kier molecular flexibility index (Phi) is 25.7. The molecular formula is C55H83B3Br3F3N2O9. The minimum absolute atomic E-state index is 0. The van der Waals surface area contributed by atoms with Gasteiger partial charge in [0.1, 0.15) is 17.5 Å². The summed E-state index contributed by atoms with van der Waals surface area (Å²) in [6.45, 7) is 27.6. The highest BCUT2D eigenvalue weighted by Gasteiger charge is 2.63. The summed E-state index contributed by atoms with van der Waals surface area (Å²) in [4.78, 5) is 0. The van der Waals surface area contributed by atoms with E-state index in [0.29, 0.717) is 19.8 Å². The molecule has 0 N–H and O–H groups in total. The van der Waals surface area contributed by atoms with Crippen LogP contribution in [0.4, 0.5) is 13.2 Å². The van der Waals surface area contributed by atoms with Crippen molar-refractivity contribution in [2.24, 2.45) is 0 Å². The van der Waals surface area contributed by atoms with Crippen molar-refractivity contribution in [3.8, 4) is 0 Å². The van der Waals surface area contributed by atoms with Crippen LogP contribution in [0.25, 0.3) is 27.9 Å². The van der Waals surface area contributed by atoms with Crippen molar-refractivity contribution in [3.05, 3.63) is 105 Å². The van der Waals surface area contributed by atoms with Gasteiger partial charge in [0.25, 0.3) is 0 Å². The summed E-state index contributed by atoms with van der Waals surface area (Å²) in [5.74, 6) is -0.689. The zero-order chi connectivity index (χ0) is 53.6. The molecule has 0 saturated carbocycles. The van der Waals surface area contributed by atoms with Crippen molar-refractivity contribution in [1.82, 2.24) is 9.13 Å². The molecule has 2 aromatic heterocycles. The Morgan fingerprint density at radius 3 is 1.35 bits per heavy atom. The average Bonchev–Trinajstić information content (AvgIpc) is 4.12. The molecule has 20 heteroatoms. The van der Waals surface area contributed by atoms with Gasteiger partial charge in [-0.25, -0.2) is 13.2 Å². The Morgan fingerprint density at radius 1 is 0.533 bits per heavy atom. The number of hydrogen-bond acceptors (Lipinski definition) is 9. The van der Waals surface area contributed by atoms with E-state index in [4.69, 9.17) is 37.4 Å². The van der Waals surface area contributed by atoms with Crippen LogP contribution in [0, 0.1) is 17.5 Å². The Bertz CT molecular complexity index is 2560. The molecule has 5 heterocycles. The summed E-state index contributed by atoms with van der Waals surface area (Å²) in [7, 11) is 3.47. The molecule has 4 aliphatic rings. The third kappa shape index (κ3) is 16.6. The van der Waals surface area contributed by atoms with Crippen molar-refractivity contribution in [2.75, 3.05) is 46.5 Å². The lowest BCUT2D eigenvalue weighted by atomic mass is 9.49. The third-order valence-electron chi connectivity index (χ3n) is 14.1. The van der Waals surface area contributed by atoms with Gasteiger partial charge in [0.2, 0.25) is 0 Å². The van der Waals surface area contributed by atoms with Gasteiger partial charge in [-0.15, -0.1) is 0 Å². The predicted octanol–water partition coefficient (Wildman–Crippen LogP) is 14.3. The van der Waals surface area contributed by atoms with E-state index >= 15 is 0 Å². The van der Waals surface area contributed by atoms with E-state index in [1.54, 1.807) is 33.5 Å². The second kappa shape index (κ2) is 28.1. The van der Waals surface area contributed by atoms with Crippen molar-refractivity contribution in [3.63, 3.8) is 0 Å². The minimum Gasteiger partial charge on any atom is -0.405 e. The minimum atomic E-state index is -0.573. The molecule has 418 valence electrons. The van der Waals surface area contributed by atoms with Gasteiger partial charge in [0.05, 0.1) is 64.5 Å². The fraction of sp³-hybridized carbons (Fsp3) is 0.564. The van der Waals surface area contributed by atoms with Crippen LogP contribution in [0.1, 0.15) is 116 Å². The summed E-state index contributed by atoms with van der Waals surface area (Å²) in [6.07, 6.45) is 8.78. The van der Waals surface area contributed by atoms with Gasteiger partial charge in [0, 0.05) is 66.5 Å². The highest BCUT2D eigenvalue weighted by molar-refractivity contribution is 9.11. The maximum atomic E-state index is 14.2. The van der Waals surface area contributed by atoms with Crippen LogP contribution >= 0.6 is 47.8 Å². The lowest BCUT2D eigenvalue weighted by Crippen LogP contribution is -2.41. The molecule has 3 aromatic carbocycles. The standard InChI is InChI=1S/C17H23BFNO3.C12H24B2O4.C11H11BrFNO.C9H6BrF.C3H7BrO.3CH4/c1-16(2)17(3,4)23-18(22-16)14-10-12(19)11-15-13(14)6-7-20(15)8-9-21-5;1-9(2)10(3,4)16-13(15-9)14-17-11(5,6)12(7,8)18-14;1-15-5-4-14-3-2-9-10(12)6-8(13)7-11(9)14;10-9-5-7(11)4-6-2-1-3-8(6)9;1-5-3-2-4;;;/h6-7,10-11H,8-9H2,1-5H3;1-8H3;2-3,6-7H,4-5H2,1H3;1,3-5H,2H2;2-3H2,1H3;3*1H4. The summed E-state index contributed by atoms with van der Waals surface area (Å²) >= 11 is 9.84. The van der Waals surface area contributed by atoms with Gasteiger partial charge in [-0.05, 0) is 176 Å². The van der Waals surface area contributed by atoms with E-state index in [1.807, 2.05) is 129 Å². The Morgan fingerprint density at radius 2 is 0.920 bits per heavy atom. The van der Waals surface area contributed by atoms with Gasteiger partial charge >= 0.3 is 21.1 Å². The summed E-state index contributed by atoms with van der Waals surface area (Å²) in [5, 5.41) is 2.90. The van der Waals surface area contributed by atoms with E-state index in [2.05, 4.69) is 52.5 Å². The molecule has 3 saturated heterocycles. The Balaban J connectivity index is 0.000000336. The number of benzene rings is 3. The van der Waals surface area contributed by atoms with Gasteiger partial charge in [-0.3, -0.25) is 0 Å². The van der Waals surface area contributed by atoms with Crippen molar-refractivity contribution in [2.45, 2.75) is 158 Å². The maximum absolute atomic E-state index is 14.2. The monoisotopic (exact) mass is 1240 g/mol. The van der Waals surface area contributed by atoms with Gasteiger partial charge in [-0.2, -0.15) is 0 Å². The number of methoxy groups -OCH3 is 3. The number of fused-ring (bicyclic) bond motifs is 3. The molecule has 3 aliphatic heterocycles. The average molecular weight is 1250 g/mol. The first-order valence-electron chi connectivity index (χ1n) is 24.0. The van der Waals surface area contributed by atoms with Crippen LogP contribution in [0.3, 0.4) is 0 Å². The molecule has 11 nitrogen and oxygen atoms in total. The number of halogens is 6. The number of ether oxygens (including phenoxy) is 3. The smallest absolute Gasteiger partial charge is 0.405 e. The first-order chi connectivity index (χ1) is 33.5. The van der Waals surface area contributed by atoms with Crippen LogP contribution in [0.2, 0.25) is 0 Å². The SMILES string of the molecule is C.C.C.CC1(C)OB(B2OC(C)(C)C(C)(C)O2)OC1(C)C.COCCBr.COCCn1ccc2c(B3OC(C)(C)C(C)(C)O3)cc(F)cc21.COCCn1ccc2c(Br)cc(F)cc21.Fc1cc(Br)c2c(c1)CC=C2. The van der Waals surface area contributed by atoms with Gasteiger partial charge < -0.3 is 51.3 Å². The molecule has 0 amide bonds. The summed E-state index contributed by atoms with van der Waals surface area (Å²) < 4.78 is 96.5. The normalized spacial score (nSPS) is 18.5. The highest BCUT2D eigenvalue weighted by Crippen LogP contribution is 2.43. The number of hydrogen-bond donors (Lipinski definition) is 0. The van der Waals surface area contributed by atoms with Crippen LogP contribution < -0.4 is 5.46 Å². The zero-order valence-electron chi connectivity index (χ0n) is 44.4. The number of allylic oxidation sites excluding steroid dienone is 1. The fourth-order valence-electron chi connectivity index (χ4n) is 7.82. The zero-order valence-corrected chi connectivity index (χ0v) is 49.2. The van der Waals surface area contributed by atoms with Crippen LogP contribution in [-0.4, -0.2) is 110 Å². The van der Waals surface area contributed by atoms with Crippen molar-refractivity contribution < 1.29 is 55.3 Å². The molecular weight excluding hydrogens is 1160 g/mol. The van der Waals surface area contributed by atoms with E-state index in [9.17, 15) is 13.2 Å². The maximum Gasteiger partial charge on any atom is 0.495 e. The molecule has 3 fully saturated rings. The van der Waals surface area contributed by atoms with Crippen LogP contribution in [0.5, 0.6) is 0 Å². The third-order valence-corrected chi connectivity index (χ3v) is 15.8. The highest BCUT2D eigenvalue weighted by atomic mass is 79.9. The van der Waals surface area contributed by atoms with E-state index in [-0.39, 0.29) is 62.1 Å². The summed E-state index contributed by atoms with van der Waals surface area (Å²) in [6, 6.07) is 13.1. The lowest BCUT2D eigenvalue weighted by Gasteiger charge is -2.32. The molecule has 0 bridgehead atoms. The topological polar surface area (TPSA) is 92.9 Å². The van der Waals surface area contributed by atoms with Crippen LogP contribution in [0.15, 0.2) is 75.9 Å². The van der Waals surface area contributed by atoms with E-state index in [1.165, 1.54) is 24.3 Å². The fourth-order valence-corrected chi connectivity index (χ4v) is 9.30. The lowest BCUT2D eigenvalue weighted by molar-refractivity contribution is 0.00578. The molecule has 75 heavy (non-hydrogen) atoms. The Labute approximate surface area is 473 Å². The number of nitrogens with zero attached hydrogens (tertiary/aromatic N) is 2. The molecule has 0 atom stereocenters. The quantitative estimate of drug-likeness (QED) is 0.100. The van der Waals surface area contributed by atoms with Crippen molar-refractivity contribution >= 4 is 102 Å². The largest absolute Gasteiger partial charge is 0.495 e. The second-order valence-electron chi connectivity index (χ2n) is 20.8. The molecule has 0 radical (unpaired) electrons. The number of alkyl halides is 1. The summed E-state index contributed by atoms with van der Waals surface area (Å²) in [5.41, 5.74) is 2.29. The van der Waals surface area contributed by atoms with E-state index in [0.717, 1.165) is 72.2 Å². The van der Waals surface area contributed by atoms with Crippen LogP contribution in [-0.2, 0) is 61.6 Å². The predicted molar refractivity (Wildman–Crippen MR) is 316 cm³/mol. The first-order valence-corrected chi connectivity index (χ1v) is 26.7. The molecule has 1 aliphatic carbocycles. The Hall–Kier alpha value is -2.46. The molecule has 0 unspecified atom stereocenters. The number of rotatable bonds is 10. The molecule has 5 aromatic rings. The molecule has 0 spiro atoms. The molecule has 9 rings (SSSR count). The van der Waals surface area contributed by atoms with E-state index < -0.39 is 32.3 Å². The van der Waals surface area contributed by atoms with Crippen molar-refractivity contribution in [1.29, 1.82) is 0 Å².